The lowest BCUT2D eigenvalue weighted by molar-refractivity contribution is 0.625. The lowest BCUT2D eigenvalue weighted by Crippen LogP contribution is -2.23. The molecule has 1 aromatic rings. The van der Waals surface area contributed by atoms with Crippen molar-refractivity contribution in [2.24, 2.45) is 5.92 Å². The Labute approximate surface area is 84.5 Å². The predicted octanol–water partition coefficient (Wildman–Crippen LogP) is 2.50. The van der Waals surface area contributed by atoms with E-state index in [2.05, 4.69) is 13.8 Å². The normalized spacial score (nSPS) is 10.6. The Balaban J connectivity index is 2.84. The Morgan fingerprint density at radius 2 is 2.07 bits per heavy atom. The van der Waals surface area contributed by atoms with Crippen molar-refractivity contribution in [2.45, 2.75) is 13.8 Å². The zero-order chi connectivity index (χ0) is 10.7. The highest BCUT2D eigenvalue weighted by Crippen LogP contribution is 2.23. The maximum atomic E-state index is 12.8. The van der Waals surface area contributed by atoms with Gasteiger partial charge in [-0.3, -0.25) is 0 Å². The van der Waals surface area contributed by atoms with Gasteiger partial charge in [0.25, 0.3) is 0 Å². The number of hydrogen-bond acceptors (Lipinski definition) is 2. The Morgan fingerprint density at radius 1 is 1.43 bits per heavy atom. The van der Waals surface area contributed by atoms with Gasteiger partial charge in [-0.25, -0.2) is 4.39 Å². The van der Waals surface area contributed by atoms with Gasteiger partial charge in [0.15, 0.2) is 0 Å². The van der Waals surface area contributed by atoms with Gasteiger partial charge in [0.1, 0.15) is 5.82 Å². The van der Waals surface area contributed by atoms with Crippen LogP contribution in [-0.4, -0.2) is 13.6 Å². The van der Waals surface area contributed by atoms with E-state index in [1.807, 2.05) is 11.9 Å². The van der Waals surface area contributed by atoms with Gasteiger partial charge < -0.3 is 10.6 Å². The molecule has 0 aromatic heterocycles. The van der Waals surface area contributed by atoms with Crippen LogP contribution in [0.1, 0.15) is 13.8 Å². The van der Waals surface area contributed by atoms with E-state index in [0.29, 0.717) is 11.6 Å². The Hall–Kier alpha value is -1.25. The third-order valence-electron chi connectivity index (χ3n) is 2.04. The van der Waals surface area contributed by atoms with Crippen LogP contribution in [0.25, 0.3) is 0 Å². The number of rotatable bonds is 3. The molecular formula is C11H17FN2. The highest BCUT2D eigenvalue weighted by molar-refractivity contribution is 5.67. The van der Waals surface area contributed by atoms with Crippen molar-refractivity contribution in [2.75, 3.05) is 24.2 Å². The minimum Gasteiger partial charge on any atom is -0.397 e. The summed E-state index contributed by atoms with van der Waals surface area (Å²) in [6.45, 7) is 5.18. The van der Waals surface area contributed by atoms with Crippen LogP contribution < -0.4 is 10.6 Å². The van der Waals surface area contributed by atoms with E-state index in [1.54, 1.807) is 6.07 Å². The average Bonchev–Trinajstić information content (AvgIpc) is 2.01. The lowest BCUT2D eigenvalue weighted by atomic mass is 10.2. The largest absolute Gasteiger partial charge is 0.397 e. The number of hydrogen-bond donors (Lipinski definition) is 1. The van der Waals surface area contributed by atoms with Crippen molar-refractivity contribution in [1.82, 2.24) is 0 Å². The molecule has 3 heteroatoms. The summed E-state index contributed by atoms with van der Waals surface area (Å²) in [7, 11) is 1.96. The first-order chi connectivity index (χ1) is 6.50. The van der Waals surface area contributed by atoms with Crippen molar-refractivity contribution < 1.29 is 4.39 Å². The SMILES string of the molecule is CC(C)CN(C)c1ccc(F)cc1N. The molecule has 78 valence electrons. The molecule has 0 bridgehead atoms. The Bertz CT molecular complexity index is 310. The molecule has 2 nitrogen and oxygen atoms in total. The molecule has 1 rings (SSSR count). The molecule has 1 aromatic carbocycles. The number of nitrogens with two attached hydrogens (primary N) is 1. The van der Waals surface area contributed by atoms with Gasteiger partial charge in [-0.05, 0) is 24.1 Å². The smallest absolute Gasteiger partial charge is 0.125 e. The molecule has 0 atom stereocenters. The summed E-state index contributed by atoms with van der Waals surface area (Å²) in [5.74, 6) is 0.272. The maximum Gasteiger partial charge on any atom is 0.125 e. The van der Waals surface area contributed by atoms with Crippen molar-refractivity contribution in [3.63, 3.8) is 0 Å². The molecule has 0 aliphatic rings. The van der Waals surface area contributed by atoms with Crippen LogP contribution in [0.4, 0.5) is 15.8 Å². The van der Waals surface area contributed by atoms with E-state index >= 15 is 0 Å². The second-order valence-electron chi connectivity index (χ2n) is 3.98. The van der Waals surface area contributed by atoms with Gasteiger partial charge in [0.05, 0.1) is 11.4 Å². The molecule has 0 aliphatic carbocycles. The first kappa shape index (κ1) is 10.8. The summed E-state index contributed by atoms with van der Waals surface area (Å²) >= 11 is 0. The monoisotopic (exact) mass is 196 g/mol. The molecule has 0 amide bonds. The third-order valence-corrected chi connectivity index (χ3v) is 2.04. The number of nitrogens with zero attached hydrogens (tertiary/aromatic N) is 1. The zero-order valence-corrected chi connectivity index (χ0v) is 8.92. The maximum absolute atomic E-state index is 12.8. The first-order valence-corrected chi connectivity index (χ1v) is 4.77. The summed E-state index contributed by atoms with van der Waals surface area (Å²) in [6.07, 6.45) is 0. The molecule has 0 unspecified atom stereocenters. The second-order valence-corrected chi connectivity index (χ2v) is 3.98. The predicted molar refractivity (Wildman–Crippen MR) is 58.9 cm³/mol. The van der Waals surface area contributed by atoms with Crippen LogP contribution in [0.15, 0.2) is 18.2 Å². The van der Waals surface area contributed by atoms with Crippen molar-refractivity contribution in [3.05, 3.63) is 24.0 Å². The highest BCUT2D eigenvalue weighted by Gasteiger charge is 2.07. The minimum atomic E-state index is -0.288. The molecule has 0 aliphatic heterocycles. The summed E-state index contributed by atoms with van der Waals surface area (Å²) in [5.41, 5.74) is 7.10. The Kier molecular flexibility index (Phi) is 3.33. The van der Waals surface area contributed by atoms with Crippen molar-refractivity contribution in [3.8, 4) is 0 Å². The molecule has 0 saturated heterocycles. The number of nitrogen functional groups attached to an aromatic ring is 1. The summed E-state index contributed by atoms with van der Waals surface area (Å²) in [4.78, 5) is 2.04. The number of benzene rings is 1. The van der Waals surface area contributed by atoms with Crippen LogP contribution in [0, 0.1) is 11.7 Å². The van der Waals surface area contributed by atoms with Crippen LogP contribution in [-0.2, 0) is 0 Å². The third kappa shape index (κ3) is 2.62. The molecule has 2 N–H and O–H groups in total. The lowest BCUT2D eigenvalue weighted by Gasteiger charge is -2.22. The molecule has 14 heavy (non-hydrogen) atoms. The summed E-state index contributed by atoms with van der Waals surface area (Å²) < 4.78 is 12.8. The van der Waals surface area contributed by atoms with Crippen LogP contribution in [0.2, 0.25) is 0 Å². The fraction of sp³-hybridized carbons (Fsp3) is 0.455. The van der Waals surface area contributed by atoms with E-state index in [4.69, 9.17) is 5.73 Å². The minimum absolute atomic E-state index is 0.288. The van der Waals surface area contributed by atoms with E-state index in [9.17, 15) is 4.39 Å². The van der Waals surface area contributed by atoms with Gasteiger partial charge in [0, 0.05) is 13.6 Å². The van der Waals surface area contributed by atoms with Crippen LogP contribution in [0.5, 0.6) is 0 Å². The fourth-order valence-corrected chi connectivity index (χ4v) is 1.52. The van der Waals surface area contributed by atoms with Gasteiger partial charge >= 0.3 is 0 Å². The standard InChI is InChI=1S/C11H17FN2/c1-8(2)7-14(3)11-5-4-9(12)6-10(11)13/h4-6,8H,7,13H2,1-3H3. The second kappa shape index (κ2) is 4.31. The molecule has 0 fully saturated rings. The molecule has 0 spiro atoms. The summed E-state index contributed by atoms with van der Waals surface area (Å²) in [6, 6.07) is 4.50. The van der Waals surface area contributed by atoms with Gasteiger partial charge in [-0.1, -0.05) is 13.8 Å². The quantitative estimate of drug-likeness (QED) is 0.752. The van der Waals surface area contributed by atoms with Gasteiger partial charge in [-0.2, -0.15) is 0 Å². The first-order valence-electron chi connectivity index (χ1n) is 4.77. The molecule has 0 heterocycles. The number of anilines is 2. The van der Waals surface area contributed by atoms with Crippen LogP contribution in [0.3, 0.4) is 0 Å². The van der Waals surface area contributed by atoms with E-state index in [0.717, 1.165) is 12.2 Å². The topological polar surface area (TPSA) is 29.3 Å². The highest BCUT2D eigenvalue weighted by atomic mass is 19.1. The number of halogens is 1. The van der Waals surface area contributed by atoms with E-state index in [-0.39, 0.29) is 5.82 Å². The fourth-order valence-electron chi connectivity index (χ4n) is 1.52. The molecular weight excluding hydrogens is 179 g/mol. The van der Waals surface area contributed by atoms with Crippen LogP contribution >= 0.6 is 0 Å². The van der Waals surface area contributed by atoms with Crippen molar-refractivity contribution in [1.29, 1.82) is 0 Å². The summed E-state index contributed by atoms with van der Waals surface area (Å²) in [5, 5.41) is 0. The Morgan fingerprint density at radius 3 is 2.57 bits per heavy atom. The molecule has 0 saturated carbocycles. The molecule has 0 radical (unpaired) electrons. The average molecular weight is 196 g/mol. The van der Waals surface area contributed by atoms with E-state index in [1.165, 1.54) is 12.1 Å². The van der Waals surface area contributed by atoms with Gasteiger partial charge in [0.2, 0.25) is 0 Å². The zero-order valence-electron chi connectivity index (χ0n) is 8.92. The van der Waals surface area contributed by atoms with Gasteiger partial charge in [-0.15, -0.1) is 0 Å². The van der Waals surface area contributed by atoms with Crippen molar-refractivity contribution >= 4 is 11.4 Å². The van der Waals surface area contributed by atoms with E-state index < -0.39 is 0 Å².